The maximum absolute atomic E-state index is 12.9. The van der Waals surface area contributed by atoms with E-state index in [1.165, 1.54) is 0 Å². The van der Waals surface area contributed by atoms with Gasteiger partial charge in [0, 0.05) is 12.2 Å². The lowest BCUT2D eigenvalue weighted by atomic mass is 10.2. The number of rotatable bonds is 12. The van der Waals surface area contributed by atoms with Gasteiger partial charge in [0.1, 0.15) is 11.5 Å². The Morgan fingerprint density at radius 1 is 0.886 bits per heavy atom. The van der Waals surface area contributed by atoms with Gasteiger partial charge in [0.15, 0.2) is 5.75 Å². The molecule has 1 amide bonds. The van der Waals surface area contributed by atoms with Gasteiger partial charge in [-0.15, -0.1) is 10.2 Å². The number of nitrogens with one attached hydrogen (secondary N) is 2. The van der Waals surface area contributed by atoms with Crippen LogP contribution in [-0.4, -0.2) is 44.9 Å². The van der Waals surface area contributed by atoms with E-state index < -0.39 is 0 Å². The minimum absolute atomic E-state index is 0.231. The average molecular weight is 474 g/mol. The van der Waals surface area contributed by atoms with Gasteiger partial charge in [-0.3, -0.25) is 4.79 Å². The van der Waals surface area contributed by atoms with Crippen LogP contribution in [0, 0.1) is 0 Å². The number of carbonyl (C=O) groups is 1. The van der Waals surface area contributed by atoms with Gasteiger partial charge in [-0.1, -0.05) is 30.7 Å². The van der Waals surface area contributed by atoms with Crippen LogP contribution in [0.1, 0.15) is 36.0 Å². The van der Waals surface area contributed by atoms with Crippen LogP contribution in [0.25, 0.3) is 11.4 Å². The molecule has 9 nitrogen and oxygen atoms in total. The summed E-state index contributed by atoms with van der Waals surface area (Å²) in [6.07, 6.45) is 3.76. The lowest BCUT2D eigenvalue weighted by Crippen LogP contribution is -2.12. The molecule has 1 aromatic heterocycles. The van der Waals surface area contributed by atoms with E-state index >= 15 is 0 Å². The van der Waals surface area contributed by atoms with Crippen LogP contribution in [0.5, 0.6) is 17.2 Å². The number of hydrogen-bond donors (Lipinski definition) is 3. The van der Waals surface area contributed by atoms with Gasteiger partial charge >= 0.3 is 0 Å². The van der Waals surface area contributed by atoms with Crippen molar-refractivity contribution in [3.63, 3.8) is 0 Å². The first-order chi connectivity index (χ1) is 17.2. The highest BCUT2D eigenvalue weighted by Crippen LogP contribution is 2.34. The van der Waals surface area contributed by atoms with E-state index in [1.807, 2.05) is 30.3 Å². The standard InChI is InChI=1S/C26H27N5O4/c32-17-7-1-2-8-18-34-20-15-13-19(14-16-20)26(33)27-22-10-4-6-12-24(22)35-23-11-5-3-9-21(23)25-28-30-31-29-25/h3-6,9-16,32H,1-2,7-8,17-18H2,(H,27,33)(H,28,29,30,31). The van der Waals surface area contributed by atoms with Crippen molar-refractivity contribution in [1.29, 1.82) is 0 Å². The molecule has 0 saturated heterocycles. The number of amides is 1. The SMILES string of the molecule is O=C(Nc1ccccc1Oc1ccccc1-c1nn[nH]n1)c1ccc(OCCCCCCO)cc1. The maximum atomic E-state index is 12.9. The smallest absolute Gasteiger partial charge is 0.255 e. The van der Waals surface area contributed by atoms with Crippen molar-refractivity contribution in [2.75, 3.05) is 18.5 Å². The summed E-state index contributed by atoms with van der Waals surface area (Å²) in [5.41, 5.74) is 1.71. The van der Waals surface area contributed by atoms with E-state index in [2.05, 4.69) is 25.9 Å². The van der Waals surface area contributed by atoms with Crippen molar-refractivity contribution in [3.05, 3.63) is 78.4 Å². The van der Waals surface area contributed by atoms with Gasteiger partial charge in [-0.25, -0.2) is 0 Å². The predicted molar refractivity (Wildman–Crippen MR) is 132 cm³/mol. The summed E-state index contributed by atoms with van der Waals surface area (Å²) in [7, 11) is 0. The van der Waals surface area contributed by atoms with Crippen molar-refractivity contribution in [1.82, 2.24) is 20.6 Å². The molecule has 0 saturated carbocycles. The van der Waals surface area contributed by atoms with Gasteiger partial charge in [-0.2, -0.15) is 5.21 Å². The zero-order valence-corrected chi connectivity index (χ0v) is 19.2. The Kier molecular flexibility index (Phi) is 8.39. The van der Waals surface area contributed by atoms with Crippen molar-refractivity contribution < 1.29 is 19.4 Å². The van der Waals surface area contributed by atoms with Crippen LogP contribution < -0.4 is 14.8 Å². The molecule has 35 heavy (non-hydrogen) atoms. The number of H-pyrrole nitrogens is 1. The number of aromatic nitrogens is 4. The fourth-order valence-corrected chi connectivity index (χ4v) is 3.45. The zero-order chi connectivity index (χ0) is 24.3. The highest BCUT2D eigenvalue weighted by molar-refractivity contribution is 6.05. The van der Waals surface area contributed by atoms with Gasteiger partial charge < -0.3 is 19.9 Å². The molecule has 0 aliphatic rings. The molecule has 3 aromatic carbocycles. The van der Waals surface area contributed by atoms with E-state index in [1.54, 1.807) is 42.5 Å². The summed E-state index contributed by atoms with van der Waals surface area (Å²) >= 11 is 0. The van der Waals surface area contributed by atoms with Gasteiger partial charge in [0.25, 0.3) is 5.91 Å². The van der Waals surface area contributed by atoms with Crippen molar-refractivity contribution in [2.45, 2.75) is 25.7 Å². The lowest BCUT2D eigenvalue weighted by Gasteiger charge is -2.14. The topological polar surface area (TPSA) is 122 Å². The molecular weight excluding hydrogens is 446 g/mol. The third-order valence-electron chi connectivity index (χ3n) is 5.27. The zero-order valence-electron chi connectivity index (χ0n) is 19.2. The van der Waals surface area contributed by atoms with E-state index in [4.69, 9.17) is 14.6 Å². The third-order valence-corrected chi connectivity index (χ3v) is 5.27. The van der Waals surface area contributed by atoms with Gasteiger partial charge in [0.2, 0.25) is 5.82 Å². The Bertz CT molecular complexity index is 1210. The molecule has 0 radical (unpaired) electrons. The Morgan fingerprint density at radius 3 is 2.40 bits per heavy atom. The first kappa shape index (κ1) is 23.9. The average Bonchev–Trinajstić information content (AvgIpc) is 3.43. The number of ether oxygens (including phenoxy) is 2. The normalized spacial score (nSPS) is 10.7. The second-order valence-electron chi connectivity index (χ2n) is 7.79. The van der Waals surface area contributed by atoms with Crippen LogP contribution in [-0.2, 0) is 0 Å². The van der Waals surface area contributed by atoms with Crippen LogP contribution in [0.4, 0.5) is 5.69 Å². The fraction of sp³-hybridized carbons (Fsp3) is 0.231. The van der Waals surface area contributed by atoms with Crippen molar-refractivity contribution >= 4 is 11.6 Å². The molecule has 0 bridgehead atoms. The van der Waals surface area contributed by atoms with Crippen LogP contribution >= 0.6 is 0 Å². The monoisotopic (exact) mass is 473 g/mol. The molecule has 0 aliphatic heterocycles. The predicted octanol–water partition coefficient (Wildman–Crippen LogP) is 4.84. The second kappa shape index (κ2) is 12.3. The highest BCUT2D eigenvalue weighted by Gasteiger charge is 2.14. The Morgan fingerprint density at radius 2 is 1.63 bits per heavy atom. The minimum atomic E-state index is -0.261. The third kappa shape index (κ3) is 6.64. The molecule has 3 N–H and O–H groups in total. The van der Waals surface area contributed by atoms with Crippen LogP contribution in [0.3, 0.4) is 0 Å². The van der Waals surface area contributed by atoms with E-state index in [-0.39, 0.29) is 12.5 Å². The molecule has 4 rings (SSSR count). The largest absolute Gasteiger partial charge is 0.494 e. The first-order valence-electron chi connectivity index (χ1n) is 11.5. The Labute approximate surface area is 203 Å². The molecule has 9 heteroatoms. The molecule has 0 atom stereocenters. The van der Waals surface area contributed by atoms with Crippen LogP contribution in [0.2, 0.25) is 0 Å². The number of hydrogen-bond acceptors (Lipinski definition) is 7. The van der Waals surface area contributed by atoms with Gasteiger partial charge in [0.05, 0.1) is 17.9 Å². The van der Waals surface area contributed by atoms with Crippen molar-refractivity contribution in [3.8, 4) is 28.6 Å². The number of tetrazole rings is 1. The molecular formula is C26H27N5O4. The molecule has 0 spiro atoms. The molecule has 180 valence electrons. The summed E-state index contributed by atoms with van der Waals surface area (Å²) in [6.45, 7) is 0.835. The Balaban J connectivity index is 1.39. The summed E-state index contributed by atoms with van der Waals surface area (Å²) in [5, 5.41) is 25.8. The number of nitrogens with zero attached hydrogens (tertiary/aromatic N) is 3. The molecule has 0 fully saturated rings. The Hall–Kier alpha value is -4.24. The second-order valence-corrected chi connectivity index (χ2v) is 7.79. The number of aromatic amines is 1. The number of anilines is 1. The number of carbonyl (C=O) groups excluding carboxylic acids is 1. The van der Waals surface area contributed by atoms with Crippen molar-refractivity contribution in [2.24, 2.45) is 0 Å². The number of aliphatic hydroxyl groups excluding tert-OH is 1. The maximum Gasteiger partial charge on any atom is 0.255 e. The number of unbranched alkanes of at least 4 members (excludes halogenated alkanes) is 3. The summed E-state index contributed by atoms with van der Waals surface area (Å²) in [4.78, 5) is 12.9. The van der Waals surface area contributed by atoms with Gasteiger partial charge in [-0.05, 0) is 73.0 Å². The van der Waals surface area contributed by atoms with Crippen LogP contribution in [0.15, 0.2) is 72.8 Å². The minimum Gasteiger partial charge on any atom is -0.494 e. The number of aliphatic hydroxyl groups is 1. The molecule has 1 heterocycles. The molecule has 0 aliphatic carbocycles. The fourth-order valence-electron chi connectivity index (χ4n) is 3.45. The first-order valence-corrected chi connectivity index (χ1v) is 11.5. The summed E-state index contributed by atoms with van der Waals surface area (Å²) < 4.78 is 11.9. The number of benzene rings is 3. The number of para-hydroxylation sites is 3. The lowest BCUT2D eigenvalue weighted by molar-refractivity contribution is 0.102. The molecule has 4 aromatic rings. The summed E-state index contributed by atoms with van der Waals surface area (Å²) in [5.74, 6) is 1.88. The van der Waals surface area contributed by atoms with E-state index in [0.717, 1.165) is 25.7 Å². The quantitative estimate of drug-likeness (QED) is 0.252. The summed E-state index contributed by atoms with van der Waals surface area (Å²) in [6, 6.07) is 21.6. The van der Waals surface area contributed by atoms with E-state index in [0.29, 0.717) is 46.5 Å². The molecule has 0 unspecified atom stereocenters. The highest BCUT2D eigenvalue weighted by atomic mass is 16.5. The van der Waals surface area contributed by atoms with E-state index in [9.17, 15) is 4.79 Å².